The molecule has 0 bridgehead atoms. The largest absolute Gasteiger partial charge is 0.309 e. The van der Waals surface area contributed by atoms with Crippen molar-refractivity contribution in [3.63, 3.8) is 0 Å². The van der Waals surface area contributed by atoms with Crippen molar-refractivity contribution in [1.29, 1.82) is 0 Å². The summed E-state index contributed by atoms with van der Waals surface area (Å²) in [7, 11) is 0. The van der Waals surface area contributed by atoms with Gasteiger partial charge in [-0.05, 0) is 126 Å². The van der Waals surface area contributed by atoms with Gasteiger partial charge < -0.3 is 9.13 Å². The highest BCUT2D eigenvalue weighted by atomic mass is 15.0. The normalized spacial score (nSPS) is 12.1. The third-order valence-corrected chi connectivity index (χ3v) is 13.9. The quantitative estimate of drug-likeness (QED) is 0.164. The summed E-state index contributed by atoms with van der Waals surface area (Å²) in [5.41, 5.74) is 19.8. The van der Waals surface area contributed by atoms with Gasteiger partial charge in [-0.2, -0.15) is 0 Å². The zero-order chi connectivity index (χ0) is 41.9. The topological polar surface area (TPSA) is 9.86 Å². The summed E-state index contributed by atoms with van der Waals surface area (Å²) in [6.07, 6.45) is 0. The van der Waals surface area contributed by atoms with E-state index in [2.05, 4.69) is 240 Å². The van der Waals surface area contributed by atoms with E-state index in [1.807, 2.05) is 0 Å². The molecule has 2 nitrogen and oxygen atoms in total. The van der Waals surface area contributed by atoms with Crippen LogP contribution in [-0.4, -0.2) is 9.13 Å². The van der Waals surface area contributed by atoms with Crippen molar-refractivity contribution in [1.82, 2.24) is 9.13 Å². The molecule has 2 heterocycles. The molecule has 0 N–H and O–H groups in total. The fraction of sp³-hybridized carbons (Fsp3) is 0. The van der Waals surface area contributed by atoms with Gasteiger partial charge in [-0.15, -0.1) is 0 Å². The van der Waals surface area contributed by atoms with Crippen LogP contribution in [0.25, 0.3) is 132 Å². The maximum absolute atomic E-state index is 2.46. The predicted octanol–water partition coefficient (Wildman–Crippen LogP) is 16.8. The first-order valence-corrected chi connectivity index (χ1v) is 22.2. The zero-order valence-corrected chi connectivity index (χ0v) is 34.8. The minimum Gasteiger partial charge on any atom is -0.309 e. The van der Waals surface area contributed by atoms with Crippen LogP contribution in [0.4, 0.5) is 0 Å². The van der Waals surface area contributed by atoms with E-state index < -0.39 is 0 Å². The maximum atomic E-state index is 2.46. The van der Waals surface area contributed by atoms with E-state index in [9.17, 15) is 0 Å². The van der Waals surface area contributed by atoms with Gasteiger partial charge in [0.05, 0.1) is 22.1 Å². The Kier molecular flexibility index (Phi) is 7.43. The molecule has 0 spiro atoms. The van der Waals surface area contributed by atoms with Gasteiger partial charge in [0.1, 0.15) is 0 Å². The van der Waals surface area contributed by atoms with Gasteiger partial charge in [0, 0.05) is 38.3 Å². The molecule has 0 saturated carbocycles. The van der Waals surface area contributed by atoms with E-state index in [0.717, 1.165) is 11.4 Å². The Hall–Kier alpha value is -8.46. The molecule has 64 heavy (non-hydrogen) atoms. The SMILES string of the molecule is c1ccc(-c2ccc(-n3c4ccc(-c5ccc6c(c5)c5ccccc5n6-c5ccc(-c6ccc7c8c(cccc68)-c6ccccc6-7)cc5)cc4c4ccc5ccccc5c43)cc2)cc1. The Balaban J connectivity index is 0.879. The van der Waals surface area contributed by atoms with Crippen LogP contribution in [0.5, 0.6) is 0 Å². The van der Waals surface area contributed by atoms with Crippen LogP contribution in [0.1, 0.15) is 0 Å². The van der Waals surface area contributed by atoms with Crippen molar-refractivity contribution < 1.29 is 0 Å². The molecule has 2 aromatic heterocycles. The van der Waals surface area contributed by atoms with Gasteiger partial charge in [-0.1, -0.05) is 176 Å². The smallest absolute Gasteiger partial charge is 0.0619 e. The molecule has 0 atom stereocenters. The Bertz CT molecular complexity index is 4010. The first-order chi connectivity index (χ1) is 31.7. The minimum absolute atomic E-state index is 1.15. The third-order valence-electron chi connectivity index (χ3n) is 13.9. The van der Waals surface area contributed by atoms with Gasteiger partial charge >= 0.3 is 0 Å². The molecular weight excluding hydrogens is 773 g/mol. The number of nitrogens with zero attached hydrogens (tertiary/aromatic N) is 2. The molecule has 0 radical (unpaired) electrons. The number of fused-ring (bicyclic) bond motifs is 11. The molecule has 1 aliphatic rings. The van der Waals surface area contributed by atoms with Crippen molar-refractivity contribution in [3.05, 3.63) is 231 Å². The highest BCUT2D eigenvalue weighted by molar-refractivity contribution is 6.20. The summed E-state index contributed by atoms with van der Waals surface area (Å²) in [5.74, 6) is 0. The van der Waals surface area contributed by atoms with Crippen LogP contribution >= 0.6 is 0 Å². The van der Waals surface area contributed by atoms with Gasteiger partial charge in [-0.3, -0.25) is 0 Å². The number of aromatic nitrogens is 2. The fourth-order valence-corrected chi connectivity index (χ4v) is 10.9. The summed E-state index contributed by atoms with van der Waals surface area (Å²) < 4.78 is 4.88. The second-order valence-corrected chi connectivity index (χ2v) is 17.2. The highest BCUT2D eigenvalue weighted by Gasteiger charge is 2.23. The van der Waals surface area contributed by atoms with Crippen molar-refractivity contribution in [3.8, 4) is 67.0 Å². The van der Waals surface area contributed by atoms with Crippen LogP contribution in [0.3, 0.4) is 0 Å². The Morgan fingerprint density at radius 1 is 0.234 bits per heavy atom. The van der Waals surface area contributed by atoms with Crippen LogP contribution in [-0.2, 0) is 0 Å². The molecule has 296 valence electrons. The molecule has 11 aromatic carbocycles. The van der Waals surface area contributed by atoms with Crippen molar-refractivity contribution in [2.24, 2.45) is 0 Å². The number of rotatable bonds is 5. The fourth-order valence-electron chi connectivity index (χ4n) is 10.9. The highest BCUT2D eigenvalue weighted by Crippen LogP contribution is 2.49. The average molecular weight is 811 g/mol. The molecule has 1 aliphatic carbocycles. The van der Waals surface area contributed by atoms with Crippen LogP contribution in [0.2, 0.25) is 0 Å². The predicted molar refractivity (Wildman–Crippen MR) is 271 cm³/mol. The van der Waals surface area contributed by atoms with E-state index in [4.69, 9.17) is 0 Å². The Morgan fingerprint density at radius 2 is 0.750 bits per heavy atom. The average Bonchev–Trinajstić information content (AvgIpc) is 4.01. The summed E-state index contributed by atoms with van der Waals surface area (Å²) in [5, 5.41) is 10.2. The molecule has 0 saturated heterocycles. The Morgan fingerprint density at radius 3 is 1.52 bits per heavy atom. The van der Waals surface area contributed by atoms with Crippen molar-refractivity contribution >= 4 is 65.2 Å². The van der Waals surface area contributed by atoms with Crippen LogP contribution in [0.15, 0.2) is 231 Å². The molecule has 13 aromatic rings. The number of hydrogen-bond donors (Lipinski definition) is 0. The van der Waals surface area contributed by atoms with Crippen molar-refractivity contribution in [2.45, 2.75) is 0 Å². The lowest BCUT2D eigenvalue weighted by Crippen LogP contribution is -1.95. The standard InChI is InChI=1S/C62H38N2/c1-2-11-39(12-3-1)40-21-28-46(29-22-40)64-60-36-27-44(38-57(60)55-32-25-41-13-4-5-14-48(41)62(55)64)43-26-35-59-56(37-43)51-17-8-9-20-58(51)63(59)45-30-23-42(24-31-45)47-33-34-54-50-16-7-6-15-49(50)53-19-10-18-52(47)61(53)54/h1-38H. The summed E-state index contributed by atoms with van der Waals surface area (Å²) in [6, 6.07) is 85.2. The number of hydrogen-bond acceptors (Lipinski definition) is 0. The molecule has 0 amide bonds. The minimum atomic E-state index is 1.15. The van der Waals surface area contributed by atoms with E-state index in [-0.39, 0.29) is 0 Å². The van der Waals surface area contributed by atoms with E-state index in [1.54, 1.807) is 0 Å². The van der Waals surface area contributed by atoms with E-state index in [0.29, 0.717) is 0 Å². The Labute approximate surface area is 370 Å². The van der Waals surface area contributed by atoms with Crippen LogP contribution in [0, 0.1) is 0 Å². The first-order valence-electron chi connectivity index (χ1n) is 22.2. The number of benzene rings is 11. The summed E-state index contributed by atoms with van der Waals surface area (Å²) >= 11 is 0. The van der Waals surface area contributed by atoms with E-state index >= 15 is 0 Å². The van der Waals surface area contributed by atoms with Gasteiger partial charge in [0.25, 0.3) is 0 Å². The molecular formula is C62H38N2. The summed E-state index contributed by atoms with van der Waals surface area (Å²) in [6.45, 7) is 0. The second kappa shape index (κ2) is 13.5. The van der Waals surface area contributed by atoms with Crippen molar-refractivity contribution in [2.75, 3.05) is 0 Å². The number of para-hydroxylation sites is 1. The molecule has 0 unspecified atom stereocenters. The van der Waals surface area contributed by atoms with Gasteiger partial charge in [-0.25, -0.2) is 0 Å². The second-order valence-electron chi connectivity index (χ2n) is 17.2. The molecule has 0 fully saturated rings. The van der Waals surface area contributed by atoms with Crippen LogP contribution < -0.4 is 0 Å². The maximum Gasteiger partial charge on any atom is 0.0619 e. The molecule has 14 rings (SSSR count). The lowest BCUT2D eigenvalue weighted by Gasteiger charge is -2.12. The zero-order valence-electron chi connectivity index (χ0n) is 34.8. The third kappa shape index (κ3) is 5.08. The monoisotopic (exact) mass is 810 g/mol. The lowest BCUT2D eigenvalue weighted by molar-refractivity contribution is 1.18. The first kappa shape index (κ1) is 35.2. The van der Waals surface area contributed by atoms with Gasteiger partial charge in [0.15, 0.2) is 0 Å². The molecule has 2 heteroatoms. The van der Waals surface area contributed by atoms with E-state index in [1.165, 1.54) is 121 Å². The van der Waals surface area contributed by atoms with Gasteiger partial charge in [0.2, 0.25) is 0 Å². The molecule has 0 aliphatic heterocycles. The summed E-state index contributed by atoms with van der Waals surface area (Å²) in [4.78, 5) is 0. The lowest BCUT2D eigenvalue weighted by atomic mass is 9.94.